The summed E-state index contributed by atoms with van der Waals surface area (Å²) in [6.07, 6.45) is -1.10. The average Bonchev–Trinajstić information content (AvgIpc) is 3.64. The van der Waals surface area contributed by atoms with Crippen molar-refractivity contribution in [1.82, 2.24) is 19.8 Å². The summed E-state index contributed by atoms with van der Waals surface area (Å²) in [5, 5.41) is 16.9. The molecule has 1 saturated heterocycles. The van der Waals surface area contributed by atoms with E-state index < -0.39 is 24.5 Å². The van der Waals surface area contributed by atoms with Crippen molar-refractivity contribution in [3.63, 3.8) is 0 Å². The number of hydrogen-bond donors (Lipinski definition) is 3. The summed E-state index contributed by atoms with van der Waals surface area (Å²) in [5.41, 5.74) is 3.03. The monoisotopic (exact) mass is 617 g/mol. The SMILES string of the molecule is C[C@H](N(C(=O)O)C(Cc1ccccc1)c1ccc2c(c1)nc(NC(=O)c1ccc(C(F)F)cc1)n2CC1CCCN1)C(C)(C)C. The molecule has 1 aromatic heterocycles. The summed E-state index contributed by atoms with van der Waals surface area (Å²) >= 11 is 0. The molecule has 1 aliphatic rings. The zero-order chi connectivity index (χ0) is 32.3. The summed E-state index contributed by atoms with van der Waals surface area (Å²) in [4.78, 5) is 32.4. The Bertz CT molecular complexity index is 1630. The minimum absolute atomic E-state index is 0.153. The van der Waals surface area contributed by atoms with E-state index in [0.29, 0.717) is 24.4 Å². The molecular weight excluding hydrogens is 576 g/mol. The molecule has 2 heterocycles. The van der Waals surface area contributed by atoms with E-state index in [-0.39, 0.29) is 28.6 Å². The van der Waals surface area contributed by atoms with Gasteiger partial charge in [-0.15, -0.1) is 0 Å². The molecule has 10 heteroatoms. The molecule has 0 spiro atoms. The maximum absolute atomic E-state index is 13.2. The summed E-state index contributed by atoms with van der Waals surface area (Å²) in [5.74, 6) is -0.110. The molecule has 3 atom stereocenters. The quantitative estimate of drug-likeness (QED) is 0.170. The number of carboxylic acid groups (broad SMARTS) is 1. The Hall–Kier alpha value is -4.31. The first-order valence-corrected chi connectivity index (χ1v) is 15.4. The Morgan fingerprint density at radius 3 is 2.36 bits per heavy atom. The van der Waals surface area contributed by atoms with Gasteiger partial charge in [0.25, 0.3) is 12.3 Å². The van der Waals surface area contributed by atoms with E-state index in [0.717, 1.165) is 36.0 Å². The Labute approximate surface area is 262 Å². The number of carbonyl (C=O) groups excluding carboxylic acids is 1. The number of halogens is 2. The largest absolute Gasteiger partial charge is 0.465 e. The molecule has 1 fully saturated rings. The molecule has 4 aromatic rings. The fourth-order valence-electron chi connectivity index (χ4n) is 5.92. The van der Waals surface area contributed by atoms with E-state index in [2.05, 4.69) is 10.6 Å². The minimum Gasteiger partial charge on any atom is -0.465 e. The van der Waals surface area contributed by atoms with Crippen molar-refractivity contribution in [2.45, 2.75) is 78.1 Å². The van der Waals surface area contributed by atoms with Crippen molar-refractivity contribution < 1.29 is 23.5 Å². The third-order valence-corrected chi connectivity index (χ3v) is 8.87. The molecule has 238 valence electrons. The topological polar surface area (TPSA) is 99.5 Å². The summed E-state index contributed by atoms with van der Waals surface area (Å²) in [6.45, 7) is 9.53. The first-order chi connectivity index (χ1) is 21.4. The fourth-order valence-corrected chi connectivity index (χ4v) is 5.92. The van der Waals surface area contributed by atoms with Gasteiger partial charge in [-0.05, 0) is 73.5 Å². The van der Waals surface area contributed by atoms with Crippen LogP contribution >= 0.6 is 0 Å². The minimum atomic E-state index is -2.62. The molecule has 2 amide bonds. The molecule has 3 aromatic carbocycles. The van der Waals surface area contributed by atoms with Crippen LogP contribution in [0.15, 0.2) is 72.8 Å². The highest BCUT2D eigenvalue weighted by Crippen LogP contribution is 2.35. The second-order valence-electron chi connectivity index (χ2n) is 12.9. The van der Waals surface area contributed by atoms with Gasteiger partial charge < -0.3 is 15.0 Å². The number of rotatable bonds is 10. The Kier molecular flexibility index (Phi) is 9.53. The second kappa shape index (κ2) is 13.4. The number of hydrogen-bond acceptors (Lipinski definition) is 4. The number of benzene rings is 3. The van der Waals surface area contributed by atoms with Crippen molar-refractivity contribution in [1.29, 1.82) is 0 Å². The lowest BCUT2D eigenvalue weighted by molar-refractivity contribution is 0.0620. The first-order valence-electron chi connectivity index (χ1n) is 15.4. The molecule has 1 aliphatic heterocycles. The molecule has 8 nitrogen and oxygen atoms in total. The number of anilines is 1. The van der Waals surface area contributed by atoms with Gasteiger partial charge in [0.2, 0.25) is 5.95 Å². The zero-order valence-corrected chi connectivity index (χ0v) is 26.1. The first kappa shape index (κ1) is 32.1. The van der Waals surface area contributed by atoms with Gasteiger partial charge in [0.15, 0.2) is 0 Å². The van der Waals surface area contributed by atoms with Gasteiger partial charge in [-0.1, -0.05) is 69.3 Å². The van der Waals surface area contributed by atoms with Crippen LogP contribution in [0, 0.1) is 5.41 Å². The van der Waals surface area contributed by atoms with Gasteiger partial charge >= 0.3 is 6.09 Å². The predicted molar refractivity (Wildman–Crippen MR) is 172 cm³/mol. The Balaban J connectivity index is 1.56. The molecule has 3 N–H and O–H groups in total. The van der Waals surface area contributed by atoms with E-state index in [1.807, 2.05) is 80.8 Å². The molecule has 0 saturated carbocycles. The van der Waals surface area contributed by atoms with Crippen LogP contribution in [-0.2, 0) is 13.0 Å². The van der Waals surface area contributed by atoms with Crippen LogP contribution in [0.25, 0.3) is 11.0 Å². The highest BCUT2D eigenvalue weighted by molar-refractivity contribution is 6.04. The van der Waals surface area contributed by atoms with E-state index in [9.17, 15) is 23.5 Å². The maximum Gasteiger partial charge on any atom is 0.408 e. The normalized spacial score (nSPS) is 16.6. The number of alkyl halides is 2. The van der Waals surface area contributed by atoms with Crippen molar-refractivity contribution in [3.8, 4) is 0 Å². The number of aromatic nitrogens is 2. The number of amides is 2. The fraction of sp³-hybridized carbons (Fsp3) is 0.400. The standard InChI is InChI=1S/C35H41F2N5O3/c1-22(35(2,3)4)42(34(44)45)30(19-23-9-6-5-7-10-23)26-16-17-29-28(20-26)39-33(41(29)21-27-11-8-18-38-27)40-32(43)25-14-12-24(13-15-25)31(36)37/h5-7,9-10,12-17,20,22,27,30-31,38H,8,11,18-19,21H2,1-4H3,(H,44,45)(H,39,40,43)/t22-,27?,30?/m0/s1. The number of fused-ring (bicyclic) bond motifs is 1. The molecular formula is C35H41F2N5O3. The summed E-state index contributed by atoms with van der Waals surface area (Å²) in [6, 6.07) is 20.3. The highest BCUT2D eigenvalue weighted by atomic mass is 19.3. The van der Waals surface area contributed by atoms with Gasteiger partial charge in [-0.2, -0.15) is 0 Å². The van der Waals surface area contributed by atoms with Gasteiger partial charge in [-0.3, -0.25) is 15.0 Å². The number of imidazole rings is 1. The molecule has 2 unspecified atom stereocenters. The third kappa shape index (κ3) is 7.33. The lowest BCUT2D eigenvalue weighted by atomic mass is 9.84. The lowest BCUT2D eigenvalue weighted by Gasteiger charge is -2.41. The maximum atomic E-state index is 13.2. The highest BCUT2D eigenvalue weighted by Gasteiger charge is 2.36. The molecule has 5 rings (SSSR count). The van der Waals surface area contributed by atoms with Crippen LogP contribution in [0.2, 0.25) is 0 Å². The van der Waals surface area contributed by atoms with Crippen LogP contribution in [0.4, 0.5) is 19.5 Å². The molecule has 45 heavy (non-hydrogen) atoms. The van der Waals surface area contributed by atoms with Crippen LogP contribution in [0.3, 0.4) is 0 Å². The average molecular weight is 618 g/mol. The van der Waals surface area contributed by atoms with Crippen molar-refractivity contribution in [2.24, 2.45) is 5.41 Å². The van der Waals surface area contributed by atoms with Crippen LogP contribution in [0.5, 0.6) is 0 Å². The second-order valence-corrected chi connectivity index (χ2v) is 12.9. The van der Waals surface area contributed by atoms with Gasteiger partial charge in [0.05, 0.1) is 17.1 Å². The summed E-state index contributed by atoms with van der Waals surface area (Å²) in [7, 11) is 0. The molecule has 0 radical (unpaired) electrons. The van der Waals surface area contributed by atoms with Crippen molar-refractivity contribution >= 4 is 29.0 Å². The summed E-state index contributed by atoms with van der Waals surface area (Å²) < 4.78 is 28.1. The number of carbonyl (C=O) groups is 2. The lowest BCUT2D eigenvalue weighted by Crippen LogP contribution is -2.47. The van der Waals surface area contributed by atoms with E-state index in [1.165, 1.54) is 24.3 Å². The van der Waals surface area contributed by atoms with Crippen LogP contribution < -0.4 is 10.6 Å². The smallest absolute Gasteiger partial charge is 0.408 e. The van der Waals surface area contributed by atoms with Crippen molar-refractivity contribution in [3.05, 3.63) is 95.1 Å². The van der Waals surface area contributed by atoms with E-state index >= 15 is 0 Å². The Morgan fingerprint density at radius 1 is 1.07 bits per heavy atom. The molecule has 0 bridgehead atoms. The predicted octanol–water partition coefficient (Wildman–Crippen LogP) is 7.68. The molecule has 0 aliphatic carbocycles. The van der Waals surface area contributed by atoms with E-state index in [1.54, 1.807) is 4.90 Å². The van der Waals surface area contributed by atoms with Crippen LogP contribution in [0.1, 0.15) is 80.1 Å². The van der Waals surface area contributed by atoms with Crippen molar-refractivity contribution in [2.75, 3.05) is 11.9 Å². The zero-order valence-electron chi connectivity index (χ0n) is 26.1. The number of nitrogens with zero attached hydrogens (tertiary/aromatic N) is 3. The van der Waals surface area contributed by atoms with Crippen LogP contribution in [-0.4, -0.2) is 50.2 Å². The van der Waals surface area contributed by atoms with Gasteiger partial charge in [0.1, 0.15) is 0 Å². The third-order valence-electron chi connectivity index (χ3n) is 8.87. The van der Waals surface area contributed by atoms with Gasteiger partial charge in [-0.25, -0.2) is 18.6 Å². The Morgan fingerprint density at radius 2 is 1.76 bits per heavy atom. The van der Waals surface area contributed by atoms with E-state index in [4.69, 9.17) is 4.98 Å². The van der Waals surface area contributed by atoms with Gasteiger partial charge in [0, 0.05) is 29.8 Å². The number of nitrogens with one attached hydrogen (secondary N) is 2.